The van der Waals surface area contributed by atoms with Gasteiger partial charge in [-0.1, -0.05) is 0 Å². The van der Waals surface area contributed by atoms with E-state index in [-0.39, 0.29) is 6.03 Å². The number of hydrogen-bond acceptors (Lipinski definition) is 5. The summed E-state index contributed by atoms with van der Waals surface area (Å²) in [6, 6.07) is 8.44. The van der Waals surface area contributed by atoms with Gasteiger partial charge in [0.25, 0.3) is 0 Å². The molecule has 0 spiro atoms. The smallest absolute Gasteiger partial charge is 0.323 e. The number of benzene rings is 1. The average Bonchev–Trinajstić information content (AvgIpc) is 3.02. The van der Waals surface area contributed by atoms with Gasteiger partial charge in [0.05, 0.1) is 5.69 Å². The average molecular weight is 311 g/mol. The zero-order valence-electron chi connectivity index (χ0n) is 12.0. The first-order chi connectivity index (χ1) is 11.3. The number of urea groups is 1. The lowest BCUT2D eigenvalue weighted by atomic mass is 10.2. The first-order valence-corrected chi connectivity index (χ1v) is 7.05. The number of carbonyl (C=O) groups is 1. The molecule has 2 aromatic heterocycles. The highest BCUT2D eigenvalue weighted by Crippen LogP contribution is 2.32. The van der Waals surface area contributed by atoms with E-state index in [1.807, 2.05) is 0 Å². The number of ether oxygens (including phenoxy) is 2. The molecule has 1 aliphatic heterocycles. The SMILES string of the molecule is O=C(Nc1ccc2c(c1)OCCO2)Nc1ccc2nncn2c1. The maximum atomic E-state index is 12.1. The molecule has 1 aromatic carbocycles. The van der Waals surface area contributed by atoms with Gasteiger partial charge in [0.1, 0.15) is 19.5 Å². The summed E-state index contributed by atoms with van der Waals surface area (Å²) in [5, 5.41) is 13.2. The summed E-state index contributed by atoms with van der Waals surface area (Å²) in [6.45, 7) is 1.04. The van der Waals surface area contributed by atoms with Crippen molar-refractivity contribution in [2.75, 3.05) is 23.8 Å². The molecule has 1 aliphatic rings. The molecule has 0 saturated heterocycles. The number of hydrogen-bond donors (Lipinski definition) is 2. The van der Waals surface area contributed by atoms with Crippen LogP contribution in [0, 0.1) is 0 Å². The van der Waals surface area contributed by atoms with Crippen LogP contribution in [-0.2, 0) is 0 Å². The van der Waals surface area contributed by atoms with Gasteiger partial charge in [-0.2, -0.15) is 0 Å². The van der Waals surface area contributed by atoms with Crippen molar-refractivity contribution in [3.8, 4) is 11.5 Å². The molecule has 8 nitrogen and oxygen atoms in total. The quantitative estimate of drug-likeness (QED) is 0.757. The molecular weight excluding hydrogens is 298 g/mol. The minimum absolute atomic E-state index is 0.353. The Balaban J connectivity index is 1.47. The van der Waals surface area contributed by atoms with Gasteiger partial charge in [0.15, 0.2) is 17.1 Å². The van der Waals surface area contributed by atoms with Crippen molar-refractivity contribution in [1.29, 1.82) is 0 Å². The van der Waals surface area contributed by atoms with E-state index >= 15 is 0 Å². The lowest BCUT2D eigenvalue weighted by Crippen LogP contribution is -2.20. The third-order valence-corrected chi connectivity index (χ3v) is 3.35. The van der Waals surface area contributed by atoms with Gasteiger partial charge in [-0.15, -0.1) is 10.2 Å². The van der Waals surface area contributed by atoms with Crippen LogP contribution in [0.15, 0.2) is 42.9 Å². The van der Waals surface area contributed by atoms with Crippen molar-refractivity contribution in [3.63, 3.8) is 0 Å². The molecule has 23 heavy (non-hydrogen) atoms. The summed E-state index contributed by atoms with van der Waals surface area (Å²) in [4.78, 5) is 12.1. The number of anilines is 2. The molecule has 116 valence electrons. The molecule has 2 N–H and O–H groups in total. The molecule has 4 rings (SSSR count). The highest BCUT2D eigenvalue weighted by atomic mass is 16.6. The summed E-state index contributed by atoms with van der Waals surface area (Å²) in [5.74, 6) is 1.31. The second-order valence-corrected chi connectivity index (χ2v) is 4.95. The number of nitrogens with zero attached hydrogens (tertiary/aromatic N) is 3. The number of carbonyl (C=O) groups excluding carboxylic acids is 1. The maximum absolute atomic E-state index is 12.1. The van der Waals surface area contributed by atoms with Gasteiger partial charge < -0.3 is 20.1 Å². The fourth-order valence-corrected chi connectivity index (χ4v) is 2.32. The third kappa shape index (κ3) is 2.73. The molecule has 0 aliphatic carbocycles. The van der Waals surface area contributed by atoms with Gasteiger partial charge in [0.2, 0.25) is 0 Å². The Morgan fingerprint density at radius 3 is 2.74 bits per heavy atom. The van der Waals surface area contributed by atoms with Crippen molar-refractivity contribution in [2.24, 2.45) is 0 Å². The molecule has 0 bridgehead atoms. The number of amides is 2. The van der Waals surface area contributed by atoms with Crippen LogP contribution >= 0.6 is 0 Å². The zero-order valence-corrected chi connectivity index (χ0v) is 12.0. The van der Waals surface area contributed by atoms with Crippen LogP contribution in [0.2, 0.25) is 0 Å². The van der Waals surface area contributed by atoms with Crippen LogP contribution < -0.4 is 20.1 Å². The Morgan fingerprint density at radius 1 is 1.04 bits per heavy atom. The van der Waals surface area contributed by atoms with Crippen LogP contribution in [0.5, 0.6) is 11.5 Å². The zero-order chi connectivity index (χ0) is 15.6. The number of fused-ring (bicyclic) bond motifs is 2. The van der Waals surface area contributed by atoms with Gasteiger partial charge in [-0.25, -0.2) is 4.79 Å². The third-order valence-electron chi connectivity index (χ3n) is 3.35. The summed E-state index contributed by atoms with van der Waals surface area (Å²) < 4.78 is 12.7. The van der Waals surface area contributed by atoms with Gasteiger partial charge in [-0.3, -0.25) is 4.40 Å². The Labute approximate surface area is 131 Å². The molecule has 3 aromatic rings. The highest BCUT2D eigenvalue weighted by Gasteiger charge is 2.12. The molecular formula is C15H13N5O3. The van der Waals surface area contributed by atoms with Crippen LogP contribution in [0.3, 0.4) is 0 Å². The van der Waals surface area contributed by atoms with E-state index in [1.54, 1.807) is 47.3 Å². The second-order valence-electron chi connectivity index (χ2n) is 4.95. The lowest BCUT2D eigenvalue weighted by molar-refractivity contribution is 0.171. The van der Waals surface area contributed by atoms with E-state index in [0.717, 1.165) is 0 Å². The molecule has 0 atom stereocenters. The summed E-state index contributed by atoms with van der Waals surface area (Å²) >= 11 is 0. The fourth-order valence-electron chi connectivity index (χ4n) is 2.32. The Hall–Kier alpha value is -3.29. The topological polar surface area (TPSA) is 89.8 Å². The van der Waals surface area contributed by atoms with E-state index in [1.165, 1.54) is 0 Å². The van der Waals surface area contributed by atoms with Gasteiger partial charge in [0, 0.05) is 18.0 Å². The minimum Gasteiger partial charge on any atom is -0.486 e. The molecule has 0 fully saturated rings. The lowest BCUT2D eigenvalue weighted by Gasteiger charge is -2.19. The Morgan fingerprint density at radius 2 is 1.83 bits per heavy atom. The normalized spacial score (nSPS) is 12.9. The van der Waals surface area contributed by atoms with E-state index in [9.17, 15) is 4.79 Å². The highest BCUT2D eigenvalue weighted by molar-refractivity contribution is 5.99. The number of nitrogens with one attached hydrogen (secondary N) is 2. The number of pyridine rings is 1. The van der Waals surface area contributed by atoms with Crippen molar-refractivity contribution < 1.29 is 14.3 Å². The van der Waals surface area contributed by atoms with E-state index in [4.69, 9.17) is 9.47 Å². The standard InChI is InChI=1S/C15H13N5O3/c21-15(18-11-2-4-14-19-16-9-20(14)8-11)17-10-1-3-12-13(7-10)23-6-5-22-12/h1-4,7-9H,5-6H2,(H2,17,18,21). The number of rotatable bonds is 2. The monoisotopic (exact) mass is 311 g/mol. The summed E-state index contributed by atoms with van der Waals surface area (Å²) in [6.07, 6.45) is 3.30. The van der Waals surface area contributed by atoms with Gasteiger partial charge >= 0.3 is 6.03 Å². The molecule has 0 unspecified atom stereocenters. The maximum Gasteiger partial charge on any atom is 0.323 e. The van der Waals surface area contributed by atoms with Crippen molar-refractivity contribution in [1.82, 2.24) is 14.6 Å². The van der Waals surface area contributed by atoms with Crippen LogP contribution in [0.25, 0.3) is 5.65 Å². The van der Waals surface area contributed by atoms with E-state index < -0.39 is 0 Å². The summed E-state index contributed by atoms with van der Waals surface area (Å²) in [5.41, 5.74) is 1.97. The van der Waals surface area contributed by atoms with E-state index in [0.29, 0.717) is 41.7 Å². The minimum atomic E-state index is -0.353. The van der Waals surface area contributed by atoms with Crippen molar-refractivity contribution in [3.05, 3.63) is 42.9 Å². The van der Waals surface area contributed by atoms with Crippen molar-refractivity contribution in [2.45, 2.75) is 0 Å². The van der Waals surface area contributed by atoms with E-state index in [2.05, 4.69) is 20.8 Å². The first-order valence-electron chi connectivity index (χ1n) is 7.05. The molecule has 8 heteroatoms. The van der Waals surface area contributed by atoms with Crippen LogP contribution in [0.4, 0.5) is 16.2 Å². The number of aromatic nitrogens is 3. The van der Waals surface area contributed by atoms with Crippen LogP contribution in [-0.4, -0.2) is 33.8 Å². The largest absolute Gasteiger partial charge is 0.486 e. The van der Waals surface area contributed by atoms with Gasteiger partial charge in [-0.05, 0) is 24.3 Å². The predicted molar refractivity (Wildman–Crippen MR) is 83.1 cm³/mol. The Bertz CT molecular complexity index is 876. The first kappa shape index (κ1) is 13.4. The van der Waals surface area contributed by atoms with Crippen LogP contribution in [0.1, 0.15) is 0 Å². The molecule has 0 radical (unpaired) electrons. The fraction of sp³-hybridized carbons (Fsp3) is 0.133. The van der Waals surface area contributed by atoms with Crippen molar-refractivity contribution >= 4 is 23.1 Å². The summed E-state index contributed by atoms with van der Waals surface area (Å²) in [7, 11) is 0. The Kier molecular flexibility index (Phi) is 3.19. The molecule has 0 saturated carbocycles. The predicted octanol–water partition coefficient (Wildman–Crippen LogP) is 2.14. The molecule has 3 heterocycles. The second kappa shape index (κ2) is 5.48. The molecule has 2 amide bonds.